The average Bonchev–Trinajstić information content (AvgIpc) is 2.64. The lowest BCUT2D eigenvalue weighted by Gasteiger charge is -2.32. The molecule has 1 heterocycles. The molecule has 1 aromatic rings. The van der Waals surface area contributed by atoms with E-state index in [4.69, 9.17) is 9.47 Å². The highest BCUT2D eigenvalue weighted by Crippen LogP contribution is 2.33. The Morgan fingerprint density at radius 2 is 1.83 bits per heavy atom. The quantitative estimate of drug-likeness (QED) is 0.869. The summed E-state index contributed by atoms with van der Waals surface area (Å²) in [5.41, 5.74) is 1.35. The van der Waals surface area contributed by atoms with Gasteiger partial charge in [-0.25, -0.2) is 0 Å². The third-order valence-electron chi connectivity index (χ3n) is 5.19. The Kier molecular flexibility index (Phi) is 6.67. The van der Waals surface area contributed by atoms with Gasteiger partial charge in [0.2, 0.25) is 5.91 Å². The Morgan fingerprint density at radius 1 is 1.08 bits per heavy atom. The number of hydrogen-bond acceptors (Lipinski definition) is 3. The van der Waals surface area contributed by atoms with Crippen LogP contribution >= 0.6 is 0 Å². The molecule has 0 bridgehead atoms. The first-order valence-electron chi connectivity index (χ1n) is 9.36. The molecule has 2 fully saturated rings. The number of nitrogens with one attached hydrogen (secondary N) is 1. The van der Waals surface area contributed by atoms with Crippen molar-refractivity contribution < 1.29 is 14.3 Å². The molecular formula is C20H29NO3. The van der Waals surface area contributed by atoms with Gasteiger partial charge in [-0.05, 0) is 31.2 Å². The smallest absolute Gasteiger partial charge is 0.222 e. The van der Waals surface area contributed by atoms with Crippen molar-refractivity contribution in [2.45, 2.75) is 63.0 Å². The molecule has 24 heavy (non-hydrogen) atoms. The number of amides is 1. The molecule has 1 saturated heterocycles. The first-order chi connectivity index (χ1) is 11.8. The molecule has 1 aromatic carbocycles. The molecule has 1 N–H and O–H groups in total. The fourth-order valence-corrected chi connectivity index (χ4v) is 3.84. The van der Waals surface area contributed by atoms with Crippen LogP contribution in [0.2, 0.25) is 0 Å². The van der Waals surface area contributed by atoms with Crippen LogP contribution in [-0.2, 0) is 14.3 Å². The maximum absolute atomic E-state index is 12.3. The third kappa shape index (κ3) is 5.05. The van der Waals surface area contributed by atoms with E-state index < -0.39 is 0 Å². The highest BCUT2D eigenvalue weighted by atomic mass is 16.5. The summed E-state index contributed by atoms with van der Waals surface area (Å²) in [4.78, 5) is 12.3. The molecule has 1 amide bonds. The molecular weight excluding hydrogens is 302 g/mol. The molecule has 2 unspecified atom stereocenters. The Bertz CT molecular complexity index is 499. The minimum atomic E-state index is 0.120. The van der Waals surface area contributed by atoms with E-state index in [2.05, 4.69) is 29.6 Å². The Labute approximate surface area is 144 Å². The van der Waals surface area contributed by atoms with Gasteiger partial charge >= 0.3 is 0 Å². The molecule has 2 aliphatic rings. The van der Waals surface area contributed by atoms with E-state index in [1.165, 1.54) is 18.4 Å². The van der Waals surface area contributed by atoms with Gasteiger partial charge in [0.05, 0.1) is 12.7 Å². The zero-order chi connectivity index (χ0) is 16.6. The van der Waals surface area contributed by atoms with Gasteiger partial charge in [0, 0.05) is 31.6 Å². The van der Waals surface area contributed by atoms with Crippen LogP contribution in [0.15, 0.2) is 30.3 Å². The lowest BCUT2D eigenvalue weighted by atomic mass is 9.80. The topological polar surface area (TPSA) is 47.6 Å². The summed E-state index contributed by atoms with van der Waals surface area (Å²) in [6.07, 6.45) is 7.29. The summed E-state index contributed by atoms with van der Waals surface area (Å²) in [5.74, 6) is 0.565. The highest BCUT2D eigenvalue weighted by Gasteiger charge is 2.27. The Balaban J connectivity index is 1.45. The predicted octanol–water partition coefficient (Wildman–Crippen LogP) is 3.41. The second-order valence-electron chi connectivity index (χ2n) is 6.91. The minimum absolute atomic E-state index is 0.120. The lowest BCUT2D eigenvalue weighted by Crippen LogP contribution is -2.41. The van der Waals surface area contributed by atoms with Crippen LogP contribution in [-0.4, -0.2) is 37.9 Å². The normalized spacial score (nSPS) is 25.3. The van der Waals surface area contributed by atoms with E-state index in [0.29, 0.717) is 18.9 Å². The molecule has 4 nitrogen and oxygen atoms in total. The van der Waals surface area contributed by atoms with Crippen LogP contribution < -0.4 is 5.32 Å². The van der Waals surface area contributed by atoms with Crippen molar-refractivity contribution in [3.8, 4) is 0 Å². The van der Waals surface area contributed by atoms with Crippen molar-refractivity contribution in [2.75, 3.05) is 19.8 Å². The second-order valence-corrected chi connectivity index (χ2v) is 6.91. The summed E-state index contributed by atoms with van der Waals surface area (Å²) in [7, 11) is 0. The van der Waals surface area contributed by atoms with Gasteiger partial charge in [-0.2, -0.15) is 0 Å². The maximum atomic E-state index is 12.3. The highest BCUT2D eigenvalue weighted by molar-refractivity contribution is 5.76. The lowest BCUT2D eigenvalue weighted by molar-refractivity contribution is -0.124. The van der Waals surface area contributed by atoms with Crippen molar-refractivity contribution >= 4 is 5.91 Å². The van der Waals surface area contributed by atoms with Crippen molar-refractivity contribution in [1.82, 2.24) is 5.32 Å². The number of rotatable bonds is 6. The first kappa shape index (κ1) is 17.4. The van der Waals surface area contributed by atoms with E-state index in [1.54, 1.807) is 0 Å². The third-order valence-corrected chi connectivity index (χ3v) is 5.19. The van der Waals surface area contributed by atoms with Crippen LogP contribution in [0.5, 0.6) is 0 Å². The fraction of sp³-hybridized carbons (Fsp3) is 0.650. The summed E-state index contributed by atoms with van der Waals surface area (Å²) < 4.78 is 11.1. The van der Waals surface area contributed by atoms with Crippen LogP contribution in [0.4, 0.5) is 0 Å². The zero-order valence-corrected chi connectivity index (χ0v) is 14.4. The fourth-order valence-electron chi connectivity index (χ4n) is 3.84. The van der Waals surface area contributed by atoms with E-state index in [-0.39, 0.29) is 18.1 Å². The van der Waals surface area contributed by atoms with Crippen molar-refractivity contribution in [2.24, 2.45) is 0 Å². The molecule has 1 aliphatic heterocycles. The standard InChI is InChI=1S/C20H29NO3/c22-20(12-15-24-17-10-13-23-14-11-17)21-19-9-5-4-8-18(19)16-6-2-1-3-7-16/h1-3,6-7,17-19H,4-5,8-15H2,(H,21,22). The zero-order valence-electron chi connectivity index (χ0n) is 14.4. The van der Waals surface area contributed by atoms with Gasteiger partial charge in [-0.3, -0.25) is 4.79 Å². The maximum Gasteiger partial charge on any atom is 0.222 e. The number of carbonyl (C=O) groups is 1. The van der Waals surface area contributed by atoms with Crippen LogP contribution in [0.1, 0.15) is 56.4 Å². The van der Waals surface area contributed by atoms with E-state index in [9.17, 15) is 4.79 Å². The largest absolute Gasteiger partial charge is 0.381 e. The summed E-state index contributed by atoms with van der Waals surface area (Å²) in [6.45, 7) is 2.06. The van der Waals surface area contributed by atoms with Gasteiger partial charge in [0.25, 0.3) is 0 Å². The molecule has 1 aliphatic carbocycles. The number of hydrogen-bond donors (Lipinski definition) is 1. The molecule has 3 rings (SSSR count). The van der Waals surface area contributed by atoms with E-state index in [1.807, 2.05) is 6.07 Å². The average molecular weight is 331 g/mol. The monoisotopic (exact) mass is 331 g/mol. The van der Waals surface area contributed by atoms with Crippen molar-refractivity contribution in [1.29, 1.82) is 0 Å². The Hall–Kier alpha value is -1.39. The first-order valence-corrected chi connectivity index (χ1v) is 9.36. The van der Waals surface area contributed by atoms with Gasteiger partial charge < -0.3 is 14.8 Å². The summed E-state index contributed by atoms with van der Waals surface area (Å²) >= 11 is 0. The van der Waals surface area contributed by atoms with Crippen LogP contribution in [0.25, 0.3) is 0 Å². The van der Waals surface area contributed by atoms with Crippen molar-refractivity contribution in [3.05, 3.63) is 35.9 Å². The summed E-state index contributed by atoms with van der Waals surface area (Å²) in [5, 5.41) is 3.26. The molecule has 0 aromatic heterocycles. The molecule has 4 heteroatoms. The molecule has 0 radical (unpaired) electrons. The van der Waals surface area contributed by atoms with E-state index in [0.717, 1.165) is 38.9 Å². The molecule has 2 atom stereocenters. The van der Waals surface area contributed by atoms with Gasteiger partial charge in [0.1, 0.15) is 0 Å². The second kappa shape index (κ2) is 9.19. The number of carbonyl (C=O) groups excluding carboxylic acids is 1. The van der Waals surface area contributed by atoms with Gasteiger partial charge in [-0.1, -0.05) is 43.2 Å². The molecule has 0 spiro atoms. The summed E-state index contributed by atoms with van der Waals surface area (Å²) in [6, 6.07) is 10.9. The van der Waals surface area contributed by atoms with Crippen molar-refractivity contribution in [3.63, 3.8) is 0 Å². The number of ether oxygens (including phenoxy) is 2. The predicted molar refractivity (Wildman–Crippen MR) is 94.0 cm³/mol. The van der Waals surface area contributed by atoms with E-state index >= 15 is 0 Å². The van der Waals surface area contributed by atoms with Gasteiger partial charge in [0.15, 0.2) is 0 Å². The number of benzene rings is 1. The van der Waals surface area contributed by atoms with Crippen LogP contribution in [0, 0.1) is 0 Å². The SMILES string of the molecule is O=C(CCOC1CCOCC1)NC1CCCCC1c1ccccc1. The Morgan fingerprint density at radius 3 is 2.62 bits per heavy atom. The van der Waals surface area contributed by atoms with Crippen LogP contribution in [0.3, 0.4) is 0 Å². The minimum Gasteiger partial charge on any atom is -0.381 e. The molecule has 1 saturated carbocycles. The van der Waals surface area contributed by atoms with Gasteiger partial charge in [-0.15, -0.1) is 0 Å². The molecule has 132 valence electrons.